The number of benzene rings is 1. The highest BCUT2D eigenvalue weighted by molar-refractivity contribution is 5.31. The van der Waals surface area contributed by atoms with E-state index in [9.17, 15) is 0 Å². The predicted molar refractivity (Wildman–Crippen MR) is 84.4 cm³/mol. The molecule has 0 heterocycles. The van der Waals surface area contributed by atoms with Gasteiger partial charge in [-0.2, -0.15) is 0 Å². The summed E-state index contributed by atoms with van der Waals surface area (Å²) >= 11 is 0. The molecule has 0 aromatic heterocycles. The maximum Gasteiger partial charge on any atom is 0.130 e. The van der Waals surface area contributed by atoms with E-state index in [1.807, 2.05) is 30.4 Å². The second-order valence-corrected chi connectivity index (χ2v) is 4.65. The Morgan fingerprint density at radius 3 is 2.25 bits per heavy atom. The fourth-order valence-corrected chi connectivity index (χ4v) is 1.75. The van der Waals surface area contributed by atoms with Crippen molar-refractivity contribution < 1.29 is 9.47 Å². The summed E-state index contributed by atoms with van der Waals surface area (Å²) in [6.07, 6.45) is 10.3. The van der Waals surface area contributed by atoms with E-state index in [4.69, 9.17) is 9.47 Å². The minimum absolute atomic E-state index is 0.715. The zero-order valence-corrected chi connectivity index (χ0v) is 12.3. The van der Waals surface area contributed by atoms with Crippen LogP contribution >= 0.6 is 0 Å². The molecule has 0 spiro atoms. The fraction of sp³-hybridized carbons (Fsp3) is 0.444. The molecule has 20 heavy (non-hydrogen) atoms. The zero-order valence-electron chi connectivity index (χ0n) is 12.3. The molecule has 0 aliphatic heterocycles. The molecular formula is C18H25O2. The lowest BCUT2D eigenvalue weighted by Crippen LogP contribution is -1.99. The van der Waals surface area contributed by atoms with Crippen molar-refractivity contribution in [1.29, 1.82) is 0 Å². The number of hydrogen-bond donors (Lipinski definition) is 0. The van der Waals surface area contributed by atoms with Crippen LogP contribution in [0.2, 0.25) is 0 Å². The number of hydrogen-bond acceptors (Lipinski definition) is 2. The van der Waals surface area contributed by atoms with E-state index in [0.29, 0.717) is 6.61 Å². The van der Waals surface area contributed by atoms with Crippen LogP contribution in [0.15, 0.2) is 43.5 Å². The average molecular weight is 273 g/mol. The van der Waals surface area contributed by atoms with Crippen LogP contribution in [0.4, 0.5) is 0 Å². The van der Waals surface area contributed by atoms with Gasteiger partial charge in [0.15, 0.2) is 0 Å². The first kappa shape index (κ1) is 16.4. The highest BCUT2D eigenvalue weighted by Gasteiger charge is 1.98. The third-order valence-electron chi connectivity index (χ3n) is 2.88. The van der Waals surface area contributed by atoms with Crippen molar-refractivity contribution in [3.63, 3.8) is 0 Å². The molecule has 0 aliphatic carbocycles. The molecule has 0 N–H and O–H groups in total. The SMILES string of the molecule is C=CCCCCOc1[c]ccc(OCCCCC=C)c1. The number of ether oxygens (including phenoxy) is 2. The summed E-state index contributed by atoms with van der Waals surface area (Å²) in [5.74, 6) is 1.61. The maximum atomic E-state index is 5.69. The first-order valence-electron chi connectivity index (χ1n) is 7.36. The molecule has 1 rings (SSSR count). The van der Waals surface area contributed by atoms with Gasteiger partial charge in [-0.25, -0.2) is 0 Å². The topological polar surface area (TPSA) is 18.5 Å². The van der Waals surface area contributed by atoms with Gasteiger partial charge in [-0.1, -0.05) is 12.2 Å². The van der Waals surface area contributed by atoms with Crippen LogP contribution in [0.1, 0.15) is 38.5 Å². The summed E-state index contributed by atoms with van der Waals surface area (Å²) in [5, 5.41) is 0. The second-order valence-electron chi connectivity index (χ2n) is 4.65. The molecule has 0 bridgehead atoms. The quantitative estimate of drug-likeness (QED) is 0.396. The van der Waals surface area contributed by atoms with E-state index >= 15 is 0 Å². The van der Waals surface area contributed by atoms with Crippen molar-refractivity contribution in [1.82, 2.24) is 0 Å². The van der Waals surface area contributed by atoms with Gasteiger partial charge >= 0.3 is 0 Å². The monoisotopic (exact) mass is 273 g/mol. The minimum Gasteiger partial charge on any atom is -0.493 e. The normalized spacial score (nSPS) is 10.0. The molecule has 0 atom stereocenters. The Morgan fingerprint density at radius 2 is 1.60 bits per heavy atom. The van der Waals surface area contributed by atoms with Gasteiger partial charge in [-0.3, -0.25) is 0 Å². The predicted octanol–water partition coefficient (Wildman–Crippen LogP) is 4.96. The molecule has 1 aromatic rings. The summed E-state index contributed by atoms with van der Waals surface area (Å²) in [5.41, 5.74) is 0. The Balaban J connectivity index is 2.22. The van der Waals surface area contributed by atoms with Crippen LogP contribution < -0.4 is 9.47 Å². The van der Waals surface area contributed by atoms with Gasteiger partial charge in [-0.15, -0.1) is 13.2 Å². The van der Waals surface area contributed by atoms with Gasteiger partial charge < -0.3 is 9.47 Å². The molecule has 109 valence electrons. The molecule has 0 amide bonds. The highest BCUT2D eigenvalue weighted by atomic mass is 16.5. The van der Waals surface area contributed by atoms with Crippen LogP contribution in [0, 0.1) is 6.07 Å². The Morgan fingerprint density at radius 1 is 0.950 bits per heavy atom. The van der Waals surface area contributed by atoms with Crippen LogP contribution in [-0.2, 0) is 0 Å². The van der Waals surface area contributed by atoms with Crippen molar-refractivity contribution in [3.05, 3.63) is 49.6 Å². The molecule has 2 nitrogen and oxygen atoms in total. The minimum atomic E-state index is 0.715. The van der Waals surface area contributed by atoms with Crippen molar-refractivity contribution in [2.24, 2.45) is 0 Å². The fourth-order valence-electron chi connectivity index (χ4n) is 1.75. The van der Waals surface area contributed by atoms with Gasteiger partial charge in [0.25, 0.3) is 0 Å². The number of unbranched alkanes of at least 4 members (excludes halogenated alkanes) is 4. The standard InChI is InChI=1S/C18H25O2/c1-3-5-7-9-14-19-17-12-11-13-18(16-17)20-15-10-8-6-4-2/h3-4,11-12,16H,1-2,5-10,14-15H2. The molecule has 1 aromatic carbocycles. The Kier molecular flexibility index (Phi) is 9.12. The highest BCUT2D eigenvalue weighted by Crippen LogP contribution is 2.19. The van der Waals surface area contributed by atoms with Crippen molar-refractivity contribution in [2.45, 2.75) is 38.5 Å². The van der Waals surface area contributed by atoms with Crippen LogP contribution in [-0.4, -0.2) is 13.2 Å². The second kappa shape index (κ2) is 11.2. The molecule has 0 aliphatic rings. The molecular weight excluding hydrogens is 248 g/mol. The van der Waals surface area contributed by atoms with Gasteiger partial charge in [0.1, 0.15) is 11.5 Å². The van der Waals surface area contributed by atoms with Crippen LogP contribution in [0.5, 0.6) is 11.5 Å². The number of allylic oxidation sites excluding steroid dienone is 2. The number of rotatable bonds is 12. The lowest BCUT2D eigenvalue weighted by Gasteiger charge is -2.09. The molecule has 1 radical (unpaired) electrons. The lowest BCUT2D eigenvalue weighted by molar-refractivity contribution is 0.292. The van der Waals surface area contributed by atoms with E-state index in [1.165, 1.54) is 0 Å². The summed E-state index contributed by atoms with van der Waals surface area (Å²) in [6, 6.07) is 8.74. The maximum absolute atomic E-state index is 5.69. The smallest absolute Gasteiger partial charge is 0.130 e. The van der Waals surface area contributed by atoms with Crippen LogP contribution in [0.25, 0.3) is 0 Å². The molecule has 0 unspecified atom stereocenters. The molecule has 0 saturated heterocycles. The Bertz CT molecular complexity index is 352. The van der Waals surface area contributed by atoms with Gasteiger partial charge in [0.05, 0.1) is 13.2 Å². The van der Waals surface area contributed by atoms with Gasteiger partial charge in [-0.05, 0) is 50.7 Å². The summed E-state index contributed by atoms with van der Waals surface area (Å²) < 4.78 is 11.3. The van der Waals surface area contributed by atoms with Gasteiger partial charge in [0.2, 0.25) is 0 Å². The van der Waals surface area contributed by atoms with Crippen LogP contribution in [0.3, 0.4) is 0 Å². The van der Waals surface area contributed by atoms with Crippen molar-refractivity contribution in [3.8, 4) is 11.5 Å². The zero-order chi connectivity index (χ0) is 14.5. The van der Waals surface area contributed by atoms with E-state index in [1.54, 1.807) is 0 Å². The Hall–Kier alpha value is -1.70. The third-order valence-corrected chi connectivity index (χ3v) is 2.88. The van der Waals surface area contributed by atoms with Crippen molar-refractivity contribution >= 4 is 0 Å². The van der Waals surface area contributed by atoms with E-state index in [2.05, 4.69) is 19.2 Å². The Labute approximate surface area is 123 Å². The third kappa shape index (κ3) is 7.67. The molecule has 0 fully saturated rings. The van der Waals surface area contributed by atoms with E-state index in [0.717, 1.165) is 56.6 Å². The largest absolute Gasteiger partial charge is 0.493 e. The summed E-state index contributed by atoms with van der Waals surface area (Å²) in [6.45, 7) is 8.86. The van der Waals surface area contributed by atoms with E-state index in [-0.39, 0.29) is 0 Å². The summed E-state index contributed by atoms with van der Waals surface area (Å²) in [4.78, 5) is 0. The first-order chi connectivity index (χ1) is 9.86. The lowest BCUT2D eigenvalue weighted by atomic mass is 10.2. The average Bonchev–Trinajstić information content (AvgIpc) is 2.47. The van der Waals surface area contributed by atoms with Gasteiger partial charge in [0, 0.05) is 12.1 Å². The van der Waals surface area contributed by atoms with Crippen molar-refractivity contribution in [2.75, 3.05) is 13.2 Å². The van der Waals surface area contributed by atoms with E-state index < -0.39 is 0 Å². The first-order valence-corrected chi connectivity index (χ1v) is 7.36. The molecule has 0 saturated carbocycles. The molecule has 2 heteroatoms. The summed E-state index contributed by atoms with van der Waals surface area (Å²) in [7, 11) is 0.